The molecule has 0 saturated carbocycles. The Morgan fingerprint density at radius 2 is 1.09 bits per heavy atom. The van der Waals surface area contributed by atoms with E-state index in [0.29, 0.717) is 11.5 Å². The van der Waals surface area contributed by atoms with Crippen LogP contribution in [0.4, 0.5) is 0 Å². The van der Waals surface area contributed by atoms with Gasteiger partial charge in [0.25, 0.3) is 0 Å². The van der Waals surface area contributed by atoms with Gasteiger partial charge in [0.15, 0.2) is 0 Å². The predicted octanol–water partition coefficient (Wildman–Crippen LogP) is 7.51. The molecule has 0 saturated heterocycles. The molecule has 0 atom stereocenters. The van der Waals surface area contributed by atoms with Gasteiger partial charge < -0.3 is 10.2 Å². The zero-order valence-corrected chi connectivity index (χ0v) is 21.2. The van der Waals surface area contributed by atoms with Crippen LogP contribution >= 0.6 is 7.92 Å². The average molecular weight is 463 g/mol. The Morgan fingerprint density at radius 1 is 0.606 bits per heavy atom. The van der Waals surface area contributed by atoms with Crippen LogP contribution in [0.2, 0.25) is 0 Å². The lowest BCUT2D eigenvalue weighted by atomic mass is 9.98. The van der Waals surface area contributed by atoms with Crippen molar-refractivity contribution in [3.63, 3.8) is 0 Å². The van der Waals surface area contributed by atoms with Gasteiger partial charge in [0.2, 0.25) is 0 Å². The fourth-order valence-corrected chi connectivity index (χ4v) is 6.83. The molecule has 0 amide bonds. The first-order valence-electron chi connectivity index (χ1n) is 12.5. The van der Waals surface area contributed by atoms with Crippen LogP contribution in [0.15, 0.2) is 66.7 Å². The maximum absolute atomic E-state index is 10.3. The van der Waals surface area contributed by atoms with Gasteiger partial charge in [-0.15, -0.1) is 0 Å². The van der Waals surface area contributed by atoms with Crippen molar-refractivity contribution < 1.29 is 10.2 Å². The van der Waals surface area contributed by atoms with E-state index in [1.54, 1.807) is 6.07 Å². The van der Waals surface area contributed by atoms with Crippen LogP contribution in [-0.4, -0.2) is 16.4 Å². The van der Waals surface area contributed by atoms with E-state index >= 15 is 0 Å². The largest absolute Gasteiger partial charge is 0.508 e. The SMILES string of the molecule is Cc1c(O)cc(CCCCCCCCCCP(c2ccccc2)c2ccccc2)c(O)c1C. The van der Waals surface area contributed by atoms with Gasteiger partial charge >= 0.3 is 0 Å². The summed E-state index contributed by atoms with van der Waals surface area (Å²) >= 11 is 0. The Bertz CT molecular complexity index is 930. The van der Waals surface area contributed by atoms with Crippen molar-refractivity contribution in [2.45, 2.75) is 71.6 Å². The number of rotatable bonds is 13. The van der Waals surface area contributed by atoms with Crippen molar-refractivity contribution in [1.82, 2.24) is 0 Å². The molecule has 3 aromatic carbocycles. The van der Waals surface area contributed by atoms with Crippen LogP contribution in [0.3, 0.4) is 0 Å². The minimum Gasteiger partial charge on any atom is -0.508 e. The molecule has 0 aliphatic carbocycles. The van der Waals surface area contributed by atoms with Crippen LogP contribution < -0.4 is 10.6 Å². The maximum Gasteiger partial charge on any atom is 0.122 e. The molecule has 33 heavy (non-hydrogen) atoms. The first-order valence-corrected chi connectivity index (χ1v) is 14.0. The molecule has 0 unspecified atom stereocenters. The minimum absolute atomic E-state index is 0.254. The van der Waals surface area contributed by atoms with Gasteiger partial charge in [-0.3, -0.25) is 0 Å². The van der Waals surface area contributed by atoms with E-state index in [0.717, 1.165) is 29.5 Å². The summed E-state index contributed by atoms with van der Waals surface area (Å²) in [5, 5.41) is 23.3. The van der Waals surface area contributed by atoms with Gasteiger partial charge in [-0.2, -0.15) is 0 Å². The first kappa shape index (κ1) is 25.3. The van der Waals surface area contributed by atoms with Crippen LogP contribution in [0.25, 0.3) is 0 Å². The highest BCUT2D eigenvalue weighted by Gasteiger charge is 2.13. The van der Waals surface area contributed by atoms with Crippen LogP contribution in [0.5, 0.6) is 11.5 Å². The van der Waals surface area contributed by atoms with Crippen LogP contribution in [0.1, 0.15) is 68.1 Å². The molecule has 0 aromatic heterocycles. The monoisotopic (exact) mass is 462 g/mol. The lowest BCUT2D eigenvalue weighted by Gasteiger charge is -2.18. The summed E-state index contributed by atoms with van der Waals surface area (Å²) < 4.78 is 0. The van der Waals surface area contributed by atoms with Gasteiger partial charge in [0.05, 0.1) is 0 Å². The molecule has 0 aliphatic rings. The Morgan fingerprint density at radius 3 is 1.64 bits per heavy atom. The Balaban J connectivity index is 1.31. The predicted molar refractivity (Wildman–Crippen MR) is 144 cm³/mol. The molecule has 0 aliphatic heterocycles. The van der Waals surface area contributed by atoms with Crippen molar-refractivity contribution in [2.24, 2.45) is 0 Å². The van der Waals surface area contributed by atoms with Gasteiger partial charge in [-0.1, -0.05) is 99.2 Å². The molecule has 3 heteroatoms. The molecule has 176 valence electrons. The fraction of sp³-hybridized carbons (Fsp3) is 0.400. The second-order valence-electron chi connectivity index (χ2n) is 9.05. The number of phenolic OH excluding ortho intramolecular Hbond substituents is 2. The molecule has 2 N–H and O–H groups in total. The molecular weight excluding hydrogens is 423 g/mol. The highest BCUT2D eigenvalue weighted by Crippen LogP contribution is 2.35. The lowest BCUT2D eigenvalue weighted by molar-refractivity contribution is 0.445. The number of benzene rings is 3. The quantitative estimate of drug-likeness (QED) is 0.157. The normalized spacial score (nSPS) is 11.2. The third-order valence-corrected chi connectivity index (χ3v) is 9.24. The second-order valence-corrected chi connectivity index (χ2v) is 11.4. The molecule has 0 fully saturated rings. The van der Waals surface area contributed by atoms with Crippen molar-refractivity contribution in [1.29, 1.82) is 0 Å². The third kappa shape index (κ3) is 7.61. The number of phenols is 2. The molecule has 0 radical (unpaired) electrons. The second kappa shape index (κ2) is 13.4. The summed E-state index contributed by atoms with van der Waals surface area (Å²) in [6.45, 7) is 3.72. The number of unbranched alkanes of at least 4 members (excludes halogenated alkanes) is 7. The highest BCUT2D eigenvalue weighted by molar-refractivity contribution is 7.73. The first-order chi connectivity index (χ1) is 16.1. The average Bonchev–Trinajstić information content (AvgIpc) is 2.85. The van der Waals surface area contributed by atoms with Gasteiger partial charge in [-0.05, 0) is 80.6 Å². The minimum atomic E-state index is -0.254. The maximum atomic E-state index is 10.3. The molecule has 0 spiro atoms. The summed E-state index contributed by atoms with van der Waals surface area (Å²) in [5.41, 5.74) is 2.45. The Labute approximate surface area is 201 Å². The van der Waals surface area contributed by atoms with E-state index in [4.69, 9.17) is 0 Å². The van der Waals surface area contributed by atoms with Crippen molar-refractivity contribution >= 4 is 18.5 Å². The topological polar surface area (TPSA) is 40.5 Å². The van der Waals surface area contributed by atoms with Crippen molar-refractivity contribution in [3.05, 3.63) is 83.4 Å². The Kier molecular flexibility index (Phi) is 10.3. The summed E-state index contributed by atoms with van der Waals surface area (Å²) in [5.74, 6) is 0.653. The lowest BCUT2D eigenvalue weighted by Crippen LogP contribution is -2.13. The van der Waals surface area contributed by atoms with Crippen molar-refractivity contribution in [2.75, 3.05) is 6.16 Å². The van der Waals surface area contributed by atoms with E-state index in [-0.39, 0.29) is 7.92 Å². The van der Waals surface area contributed by atoms with E-state index in [1.165, 1.54) is 61.7 Å². The molecule has 3 rings (SSSR count). The summed E-state index contributed by atoms with van der Waals surface area (Å²) in [4.78, 5) is 0. The number of aromatic hydroxyl groups is 2. The van der Waals surface area contributed by atoms with E-state index in [2.05, 4.69) is 60.7 Å². The van der Waals surface area contributed by atoms with E-state index < -0.39 is 0 Å². The number of hydrogen-bond donors (Lipinski definition) is 2. The van der Waals surface area contributed by atoms with E-state index in [9.17, 15) is 10.2 Å². The molecular formula is C30H39O2P. The van der Waals surface area contributed by atoms with E-state index in [1.807, 2.05) is 13.8 Å². The molecule has 3 aromatic rings. The van der Waals surface area contributed by atoms with Gasteiger partial charge in [0.1, 0.15) is 11.5 Å². The number of aryl methyl sites for hydroxylation is 1. The standard InChI is InChI=1S/C30H39O2P/c1-24-25(2)30(32)26(23-29(24)31)17-11-7-5-3-4-6-8-16-22-33(27-18-12-9-13-19-27)28-20-14-10-15-21-28/h9-10,12-15,18-21,23,31-32H,3-8,11,16-17,22H2,1-2H3. The van der Waals surface area contributed by atoms with Gasteiger partial charge in [-0.25, -0.2) is 0 Å². The van der Waals surface area contributed by atoms with Crippen LogP contribution in [-0.2, 0) is 6.42 Å². The molecule has 0 bridgehead atoms. The number of hydrogen-bond acceptors (Lipinski definition) is 2. The smallest absolute Gasteiger partial charge is 0.122 e. The van der Waals surface area contributed by atoms with Crippen molar-refractivity contribution in [3.8, 4) is 11.5 Å². The van der Waals surface area contributed by atoms with Gasteiger partial charge in [0, 0.05) is 0 Å². The van der Waals surface area contributed by atoms with Crippen LogP contribution in [0, 0.1) is 13.8 Å². The zero-order chi connectivity index (χ0) is 23.5. The summed E-state index contributed by atoms with van der Waals surface area (Å²) in [6.07, 6.45) is 12.1. The summed E-state index contributed by atoms with van der Waals surface area (Å²) in [6, 6.07) is 23.8. The third-order valence-electron chi connectivity index (χ3n) is 6.63. The summed E-state index contributed by atoms with van der Waals surface area (Å²) in [7, 11) is -0.254. The molecule has 0 heterocycles. The molecule has 2 nitrogen and oxygen atoms in total. The Hall–Kier alpha value is -2.31. The highest BCUT2D eigenvalue weighted by atomic mass is 31.1. The fourth-order valence-electron chi connectivity index (χ4n) is 4.41. The zero-order valence-electron chi connectivity index (χ0n) is 20.3.